The van der Waals surface area contributed by atoms with E-state index in [-0.39, 0.29) is 30.8 Å². The van der Waals surface area contributed by atoms with Crippen LogP contribution in [0.3, 0.4) is 0 Å². The summed E-state index contributed by atoms with van der Waals surface area (Å²) in [5.74, 6) is -0.218. The average molecular weight is 186 g/mol. The van der Waals surface area contributed by atoms with Crippen LogP contribution in [-0.4, -0.2) is 14.9 Å². The van der Waals surface area contributed by atoms with Crippen molar-refractivity contribution in [3.05, 3.63) is 22.5 Å². The lowest BCUT2D eigenvalue weighted by atomic mass is 11.0. The van der Waals surface area contributed by atoms with Gasteiger partial charge in [0.05, 0.1) is 6.20 Å². The van der Waals surface area contributed by atoms with Crippen molar-refractivity contribution in [3.8, 4) is 0 Å². The maximum Gasteiger partial charge on any atom is 0.432 e. The van der Waals surface area contributed by atoms with E-state index in [0.717, 1.165) is 0 Å². The minimum Gasteiger partial charge on any atom is -0.390 e. The Bertz CT molecular complexity index is 188. The largest absolute Gasteiger partial charge is 0.432 e. The topological polar surface area (TPSA) is 71.8 Å². The fourth-order valence-electron chi connectivity index (χ4n) is 0.357. The summed E-state index contributed by atoms with van der Waals surface area (Å²) >= 11 is 0. The maximum absolute atomic E-state index is 9.77. The molecule has 1 aromatic rings. The van der Waals surface area contributed by atoms with Crippen molar-refractivity contribution in [2.24, 2.45) is 0 Å². The molecule has 0 spiro atoms. The van der Waals surface area contributed by atoms with Crippen LogP contribution in [0.25, 0.3) is 0 Å². The first-order valence-corrected chi connectivity index (χ1v) is 1.94. The van der Waals surface area contributed by atoms with Crippen LogP contribution in [0.15, 0.2) is 12.4 Å². The van der Waals surface area contributed by atoms with Crippen LogP contribution in [0.5, 0.6) is 0 Å². The number of hydrogen-bond donors (Lipinski definition) is 1. The minimum absolute atomic E-state index is 0. The molecule has 0 atom stereocenters. The van der Waals surface area contributed by atoms with Gasteiger partial charge < -0.3 is 10.1 Å². The van der Waals surface area contributed by atoms with Gasteiger partial charge in [-0.15, -0.1) is 24.8 Å². The van der Waals surface area contributed by atoms with Crippen LogP contribution in [-0.2, 0) is 0 Å². The number of halogens is 2. The molecule has 0 amide bonds. The van der Waals surface area contributed by atoms with Gasteiger partial charge in [0, 0.05) is 0 Å². The molecule has 0 aromatic carbocycles. The zero-order valence-electron chi connectivity index (χ0n) is 4.68. The van der Waals surface area contributed by atoms with Crippen LogP contribution >= 0.6 is 24.8 Å². The van der Waals surface area contributed by atoms with Gasteiger partial charge in [-0.3, -0.25) is 0 Å². The van der Waals surface area contributed by atoms with Crippen molar-refractivity contribution in [3.63, 3.8) is 0 Å². The molecular weight excluding hydrogens is 181 g/mol. The first-order valence-electron chi connectivity index (χ1n) is 1.94. The standard InChI is InChI=1S/C3H3N3O2.2ClH/c7-6(8)3-4-1-2-5-3;;/h1-2H,(H,4,5);2*1H. The molecule has 1 aromatic heterocycles. The molecule has 0 saturated carbocycles. The number of aromatic nitrogens is 2. The molecular formula is C3H5Cl2N3O2. The van der Waals surface area contributed by atoms with E-state index in [2.05, 4.69) is 9.97 Å². The molecule has 58 valence electrons. The highest BCUT2D eigenvalue weighted by Crippen LogP contribution is 1.96. The van der Waals surface area contributed by atoms with E-state index >= 15 is 0 Å². The number of rotatable bonds is 1. The van der Waals surface area contributed by atoms with Gasteiger partial charge in [-0.1, -0.05) is 4.98 Å². The quantitative estimate of drug-likeness (QED) is 0.528. The van der Waals surface area contributed by atoms with Gasteiger partial charge in [-0.05, 0) is 4.92 Å². The van der Waals surface area contributed by atoms with E-state index in [1.165, 1.54) is 12.4 Å². The lowest BCUT2D eigenvalue weighted by molar-refractivity contribution is -0.393. The van der Waals surface area contributed by atoms with Crippen LogP contribution in [0.2, 0.25) is 0 Å². The van der Waals surface area contributed by atoms with Crippen molar-refractivity contribution < 1.29 is 4.92 Å². The Balaban J connectivity index is 0. The van der Waals surface area contributed by atoms with E-state index in [1.54, 1.807) is 0 Å². The summed E-state index contributed by atoms with van der Waals surface area (Å²) in [7, 11) is 0. The molecule has 5 nitrogen and oxygen atoms in total. The number of hydrogen-bond acceptors (Lipinski definition) is 3. The molecule has 0 saturated heterocycles. The number of nitrogens with one attached hydrogen (secondary N) is 1. The molecule has 1 N–H and O–H groups in total. The highest BCUT2D eigenvalue weighted by molar-refractivity contribution is 5.85. The zero-order valence-corrected chi connectivity index (χ0v) is 6.32. The van der Waals surface area contributed by atoms with Gasteiger partial charge in [0.2, 0.25) is 0 Å². The molecule has 0 aliphatic carbocycles. The lowest BCUT2D eigenvalue weighted by Gasteiger charge is -1.83. The molecule has 0 bridgehead atoms. The highest BCUT2D eigenvalue weighted by Gasteiger charge is 2.01. The van der Waals surface area contributed by atoms with Gasteiger partial charge in [-0.2, -0.15) is 0 Å². The first-order chi connectivity index (χ1) is 3.80. The van der Waals surface area contributed by atoms with Gasteiger partial charge in [0.15, 0.2) is 0 Å². The lowest BCUT2D eigenvalue weighted by Crippen LogP contribution is -1.88. The van der Waals surface area contributed by atoms with Crippen molar-refractivity contribution in [1.29, 1.82) is 0 Å². The van der Waals surface area contributed by atoms with E-state index in [0.29, 0.717) is 0 Å². The Morgan fingerprint density at radius 3 is 2.40 bits per heavy atom. The van der Waals surface area contributed by atoms with Gasteiger partial charge in [0.1, 0.15) is 6.20 Å². The summed E-state index contributed by atoms with van der Waals surface area (Å²) in [6.45, 7) is 0. The second-order valence-corrected chi connectivity index (χ2v) is 1.17. The van der Waals surface area contributed by atoms with E-state index in [1.807, 2.05) is 0 Å². The summed E-state index contributed by atoms with van der Waals surface area (Å²) in [6.07, 6.45) is 2.73. The Morgan fingerprint density at radius 1 is 1.60 bits per heavy atom. The second kappa shape index (κ2) is 5.01. The van der Waals surface area contributed by atoms with Crippen molar-refractivity contribution >= 4 is 30.8 Å². The van der Waals surface area contributed by atoms with Crippen LogP contribution in [0, 0.1) is 10.1 Å². The zero-order chi connectivity index (χ0) is 5.98. The molecule has 0 unspecified atom stereocenters. The van der Waals surface area contributed by atoms with Crippen LogP contribution in [0.1, 0.15) is 0 Å². The molecule has 0 aliphatic heterocycles. The summed E-state index contributed by atoms with van der Waals surface area (Å²) in [6, 6.07) is 0. The SMILES string of the molecule is Cl.Cl.O=[N+]([O-])c1ncc[nH]1. The summed E-state index contributed by atoms with van der Waals surface area (Å²) in [4.78, 5) is 14.9. The minimum atomic E-state index is -0.583. The summed E-state index contributed by atoms with van der Waals surface area (Å²) < 4.78 is 0. The maximum atomic E-state index is 9.77. The van der Waals surface area contributed by atoms with Crippen molar-refractivity contribution in [1.82, 2.24) is 9.97 Å². The molecule has 7 heteroatoms. The van der Waals surface area contributed by atoms with Crippen LogP contribution in [0.4, 0.5) is 5.95 Å². The molecule has 0 aliphatic rings. The molecule has 10 heavy (non-hydrogen) atoms. The molecule has 0 radical (unpaired) electrons. The van der Waals surface area contributed by atoms with Crippen molar-refractivity contribution in [2.45, 2.75) is 0 Å². The summed E-state index contributed by atoms with van der Waals surface area (Å²) in [5, 5.41) is 9.77. The molecule has 1 rings (SSSR count). The number of H-pyrrole nitrogens is 1. The van der Waals surface area contributed by atoms with E-state index < -0.39 is 4.92 Å². The third kappa shape index (κ3) is 2.65. The Morgan fingerprint density at radius 2 is 2.20 bits per heavy atom. The number of nitro groups is 1. The van der Waals surface area contributed by atoms with E-state index in [9.17, 15) is 10.1 Å². The van der Waals surface area contributed by atoms with Crippen LogP contribution < -0.4 is 0 Å². The summed E-state index contributed by atoms with van der Waals surface area (Å²) in [5.41, 5.74) is 0. The fourth-order valence-corrected chi connectivity index (χ4v) is 0.357. The number of imidazole rings is 1. The Kier molecular flexibility index (Phi) is 5.98. The van der Waals surface area contributed by atoms with Gasteiger partial charge >= 0.3 is 5.95 Å². The Labute approximate surface area is 68.8 Å². The first kappa shape index (κ1) is 11.9. The molecule has 0 fully saturated rings. The highest BCUT2D eigenvalue weighted by atomic mass is 35.5. The van der Waals surface area contributed by atoms with E-state index in [4.69, 9.17) is 0 Å². The fraction of sp³-hybridized carbons (Fsp3) is 0. The monoisotopic (exact) mass is 185 g/mol. The number of aromatic amines is 1. The average Bonchev–Trinajstić information content (AvgIpc) is 2.12. The smallest absolute Gasteiger partial charge is 0.390 e. The predicted molar refractivity (Wildman–Crippen MR) is 39.7 cm³/mol. The number of nitrogens with zero attached hydrogens (tertiary/aromatic N) is 2. The van der Waals surface area contributed by atoms with Crippen molar-refractivity contribution in [2.75, 3.05) is 0 Å². The normalized spacial score (nSPS) is 7.20. The third-order valence-electron chi connectivity index (χ3n) is 0.657. The third-order valence-corrected chi connectivity index (χ3v) is 0.657. The Hall–Kier alpha value is -0.810. The predicted octanol–water partition coefficient (Wildman–Crippen LogP) is 1.16. The second-order valence-electron chi connectivity index (χ2n) is 1.17. The van der Waals surface area contributed by atoms with Gasteiger partial charge in [-0.25, -0.2) is 4.98 Å². The van der Waals surface area contributed by atoms with Gasteiger partial charge in [0.25, 0.3) is 0 Å². The molecule has 1 heterocycles.